The molecule has 1 aromatic heterocycles. The van der Waals surface area contributed by atoms with Crippen LogP contribution in [-0.2, 0) is 6.54 Å². The Morgan fingerprint density at radius 1 is 1.08 bits per heavy atom. The molecule has 0 aliphatic carbocycles. The first kappa shape index (κ1) is 17.7. The zero-order valence-corrected chi connectivity index (χ0v) is 15.2. The van der Waals surface area contributed by atoms with Crippen molar-refractivity contribution in [3.63, 3.8) is 0 Å². The van der Waals surface area contributed by atoms with E-state index in [9.17, 15) is 4.39 Å². The summed E-state index contributed by atoms with van der Waals surface area (Å²) in [6.45, 7) is 0.618. The molecule has 0 bridgehead atoms. The van der Waals surface area contributed by atoms with E-state index in [2.05, 4.69) is 15.7 Å². The third kappa shape index (κ3) is 4.92. The van der Waals surface area contributed by atoms with Crippen molar-refractivity contribution in [3.05, 3.63) is 76.3 Å². The number of halogens is 3. The highest BCUT2D eigenvalue weighted by molar-refractivity contribution is 7.80. The van der Waals surface area contributed by atoms with Crippen LogP contribution in [0.2, 0.25) is 10.0 Å². The normalized spacial score (nSPS) is 10.5. The van der Waals surface area contributed by atoms with E-state index in [1.54, 1.807) is 16.9 Å². The number of hydrogen-bond donors (Lipinski definition) is 2. The molecule has 0 spiro atoms. The lowest BCUT2D eigenvalue weighted by Gasteiger charge is -2.09. The van der Waals surface area contributed by atoms with Crippen molar-refractivity contribution in [3.8, 4) is 0 Å². The Morgan fingerprint density at radius 2 is 1.80 bits per heavy atom. The van der Waals surface area contributed by atoms with Gasteiger partial charge in [0.15, 0.2) is 5.11 Å². The van der Waals surface area contributed by atoms with Crippen LogP contribution in [0, 0.1) is 5.82 Å². The van der Waals surface area contributed by atoms with Gasteiger partial charge in [-0.2, -0.15) is 5.10 Å². The van der Waals surface area contributed by atoms with Gasteiger partial charge >= 0.3 is 0 Å². The molecule has 0 fully saturated rings. The molecule has 3 aromatic rings. The Balaban J connectivity index is 1.59. The van der Waals surface area contributed by atoms with E-state index in [-0.39, 0.29) is 5.02 Å². The topological polar surface area (TPSA) is 41.9 Å². The van der Waals surface area contributed by atoms with Gasteiger partial charge in [-0.05, 0) is 48.1 Å². The number of thiocarbonyl (C=S) groups is 1. The molecule has 4 nitrogen and oxygen atoms in total. The van der Waals surface area contributed by atoms with Gasteiger partial charge in [-0.15, -0.1) is 0 Å². The Morgan fingerprint density at radius 3 is 2.52 bits per heavy atom. The minimum absolute atomic E-state index is 0.0311. The van der Waals surface area contributed by atoms with Gasteiger partial charge in [-0.25, -0.2) is 4.39 Å². The predicted molar refractivity (Wildman–Crippen MR) is 104 cm³/mol. The second kappa shape index (κ2) is 7.82. The molecule has 1 heterocycles. The van der Waals surface area contributed by atoms with Crippen molar-refractivity contribution < 1.29 is 4.39 Å². The molecule has 0 saturated heterocycles. The predicted octanol–water partition coefficient (Wildman–Crippen LogP) is 5.19. The van der Waals surface area contributed by atoms with Gasteiger partial charge in [0.1, 0.15) is 5.82 Å². The number of hydrogen-bond acceptors (Lipinski definition) is 2. The van der Waals surface area contributed by atoms with Gasteiger partial charge in [0.05, 0.1) is 23.5 Å². The molecular weight excluding hydrogens is 382 g/mol. The minimum Gasteiger partial charge on any atom is -0.332 e. The van der Waals surface area contributed by atoms with Crippen LogP contribution in [0.4, 0.5) is 15.8 Å². The van der Waals surface area contributed by atoms with Gasteiger partial charge in [0, 0.05) is 16.9 Å². The van der Waals surface area contributed by atoms with Crippen LogP contribution in [0.3, 0.4) is 0 Å². The molecule has 128 valence electrons. The second-order valence-electron chi connectivity index (χ2n) is 5.26. The van der Waals surface area contributed by atoms with Crippen LogP contribution in [-0.4, -0.2) is 14.9 Å². The molecule has 0 aliphatic heterocycles. The summed E-state index contributed by atoms with van der Waals surface area (Å²) in [5.41, 5.74) is 2.41. The van der Waals surface area contributed by atoms with Crippen molar-refractivity contribution in [2.24, 2.45) is 0 Å². The molecule has 2 N–H and O–H groups in total. The third-order valence-corrected chi connectivity index (χ3v) is 4.07. The number of anilines is 2. The summed E-state index contributed by atoms with van der Waals surface area (Å²) in [4.78, 5) is 0. The highest BCUT2D eigenvalue weighted by Crippen LogP contribution is 2.19. The quantitative estimate of drug-likeness (QED) is 0.597. The van der Waals surface area contributed by atoms with E-state index < -0.39 is 5.82 Å². The largest absolute Gasteiger partial charge is 0.332 e. The summed E-state index contributed by atoms with van der Waals surface area (Å²) in [6, 6.07) is 11.9. The van der Waals surface area contributed by atoms with Crippen molar-refractivity contribution >= 4 is 51.9 Å². The minimum atomic E-state index is -0.477. The van der Waals surface area contributed by atoms with Crippen LogP contribution in [0.5, 0.6) is 0 Å². The molecule has 0 atom stereocenters. The molecule has 2 aromatic carbocycles. The Bertz CT molecular complexity index is 896. The van der Waals surface area contributed by atoms with E-state index in [4.69, 9.17) is 35.4 Å². The number of nitrogens with zero attached hydrogens (tertiary/aromatic N) is 2. The average molecular weight is 395 g/mol. The molecule has 0 radical (unpaired) electrons. The summed E-state index contributed by atoms with van der Waals surface area (Å²) in [7, 11) is 0. The standard InChI is InChI=1S/C17H13Cl2FN4S/c18-12-3-1-11(2-4-12)9-24-10-14(8-21-24)23-17(25)22-13-5-6-16(20)15(19)7-13/h1-8,10H,9H2,(H2,22,23,25). The molecule has 25 heavy (non-hydrogen) atoms. The first-order chi connectivity index (χ1) is 12.0. The lowest BCUT2D eigenvalue weighted by atomic mass is 10.2. The van der Waals surface area contributed by atoms with Crippen molar-refractivity contribution in [2.75, 3.05) is 10.6 Å². The van der Waals surface area contributed by atoms with Crippen LogP contribution >= 0.6 is 35.4 Å². The number of aromatic nitrogens is 2. The van der Waals surface area contributed by atoms with Gasteiger partial charge in [0.25, 0.3) is 0 Å². The lowest BCUT2D eigenvalue weighted by molar-refractivity contribution is 0.628. The molecule has 0 aliphatic rings. The molecule has 0 unspecified atom stereocenters. The van der Waals surface area contributed by atoms with Crippen molar-refractivity contribution in [2.45, 2.75) is 6.54 Å². The van der Waals surface area contributed by atoms with Crippen LogP contribution in [0.1, 0.15) is 5.56 Å². The lowest BCUT2D eigenvalue weighted by Crippen LogP contribution is -2.18. The first-order valence-corrected chi connectivity index (χ1v) is 8.46. The van der Waals surface area contributed by atoms with Crippen LogP contribution < -0.4 is 10.6 Å². The molecule has 8 heteroatoms. The molecule has 0 amide bonds. The fraction of sp³-hybridized carbons (Fsp3) is 0.0588. The monoisotopic (exact) mass is 394 g/mol. The van der Waals surface area contributed by atoms with E-state index >= 15 is 0 Å². The van der Waals surface area contributed by atoms with E-state index in [1.807, 2.05) is 30.5 Å². The number of benzene rings is 2. The highest BCUT2D eigenvalue weighted by Gasteiger charge is 2.05. The van der Waals surface area contributed by atoms with E-state index in [0.717, 1.165) is 11.3 Å². The van der Waals surface area contributed by atoms with Gasteiger partial charge in [-0.1, -0.05) is 35.3 Å². The summed E-state index contributed by atoms with van der Waals surface area (Å²) in [5, 5.41) is 11.3. The summed E-state index contributed by atoms with van der Waals surface area (Å²) >= 11 is 16.9. The van der Waals surface area contributed by atoms with E-state index in [1.165, 1.54) is 12.1 Å². The highest BCUT2D eigenvalue weighted by atomic mass is 35.5. The van der Waals surface area contributed by atoms with Crippen LogP contribution in [0.15, 0.2) is 54.9 Å². The first-order valence-electron chi connectivity index (χ1n) is 7.29. The maximum Gasteiger partial charge on any atom is 0.175 e. The van der Waals surface area contributed by atoms with Crippen LogP contribution in [0.25, 0.3) is 0 Å². The smallest absolute Gasteiger partial charge is 0.175 e. The van der Waals surface area contributed by atoms with Gasteiger partial charge in [-0.3, -0.25) is 4.68 Å². The second-order valence-corrected chi connectivity index (χ2v) is 6.51. The fourth-order valence-electron chi connectivity index (χ4n) is 2.16. The van der Waals surface area contributed by atoms with Gasteiger partial charge < -0.3 is 10.6 Å². The zero-order valence-electron chi connectivity index (χ0n) is 12.8. The Labute approximate surface area is 159 Å². The molecule has 3 rings (SSSR count). The van der Waals surface area contributed by atoms with Crippen molar-refractivity contribution in [1.29, 1.82) is 0 Å². The Kier molecular flexibility index (Phi) is 5.53. The van der Waals surface area contributed by atoms with Gasteiger partial charge in [0.2, 0.25) is 0 Å². The maximum atomic E-state index is 13.2. The summed E-state index contributed by atoms with van der Waals surface area (Å²) < 4.78 is 14.9. The fourth-order valence-corrected chi connectivity index (χ4v) is 2.70. The molecule has 0 saturated carbocycles. The Hall–Kier alpha value is -2.15. The van der Waals surface area contributed by atoms with Crippen molar-refractivity contribution in [1.82, 2.24) is 9.78 Å². The van der Waals surface area contributed by atoms with E-state index in [0.29, 0.717) is 22.4 Å². The molecular formula is C17H13Cl2FN4S. The zero-order chi connectivity index (χ0) is 17.8. The third-order valence-electron chi connectivity index (χ3n) is 3.33. The summed E-state index contributed by atoms with van der Waals surface area (Å²) in [5.74, 6) is -0.477. The maximum absolute atomic E-state index is 13.2. The SMILES string of the molecule is Fc1ccc(NC(=S)Nc2cnn(Cc3ccc(Cl)cc3)c2)cc1Cl. The number of rotatable bonds is 4. The average Bonchev–Trinajstić information content (AvgIpc) is 3.00. The summed E-state index contributed by atoms with van der Waals surface area (Å²) in [6.07, 6.45) is 3.50. The number of nitrogens with one attached hydrogen (secondary N) is 2.